The molecule has 0 spiro atoms. The second-order valence-electron chi connectivity index (χ2n) is 6.85. The van der Waals surface area contributed by atoms with E-state index in [0.717, 1.165) is 35.8 Å². The monoisotopic (exact) mass is 390 g/mol. The Morgan fingerprint density at radius 3 is 2.64 bits per heavy atom. The molecule has 142 valence electrons. The molecule has 1 aromatic heterocycles. The summed E-state index contributed by atoms with van der Waals surface area (Å²) in [5.74, 6) is 0.880. The number of halogens is 1. The lowest BCUT2D eigenvalue weighted by Gasteiger charge is -2.09. The minimum Gasteiger partial charge on any atom is -0.489 e. The summed E-state index contributed by atoms with van der Waals surface area (Å²) < 4.78 is 5.91. The van der Waals surface area contributed by atoms with E-state index in [2.05, 4.69) is 52.9 Å². The zero-order valence-electron chi connectivity index (χ0n) is 15.6. The predicted octanol–water partition coefficient (Wildman–Crippen LogP) is 5.73. The molecular formula is C24H23ClN2O. The lowest BCUT2D eigenvalue weighted by Crippen LogP contribution is -2.16. The third-order valence-corrected chi connectivity index (χ3v) is 5.04. The molecule has 0 aliphatic carbocycles. The first kappa shape index (κ1) is 18.6. The van der Waals surface area contributed by atoms with Crippen molar-refractivity contribution in [3.63, 3.8) is 0 Å². The fourth-order valence-electron chi connectivity index (χ4n) is 3.29. The van der Waals surface area contributed by atoms with Crippen molar-refractivity contribution in [2.45, 2.75) is 19.6 Å². The number of para-hydroxylation sites is 1. The van der Waals surface area contributed by atoms with Gasteiger partial charge in [-0.3, -0.25) is 0 Å². The first-order chi connectivity index (χ1) is 13.8. The Balaban J connectivity index is 1.27. The van der Waals surface area contributed by atoms with Crippen molar-refractivity contribution in [3.8, 4) is 5.75 Å². The molecule has 0 atom stereocenters. The van der Waals surface area contributed by atoms with E-state index in [1.54, 1.807) is 0 Å². The summed E-state index contributed by atoms with van der Waals surface area (Å²) in [6.07, 6.45) is 3.11. The van der Waals surface area contributed by atoms with Crippen LogP contribution in [0.15, 0.2) is 79.0 Å². The average molecular weight is 391 g/mol. The number of H-pyrrole nitrogens is 1. The van der Waals surface area contributed by atoms with Crippen LogP contribution in [0.5, 0.6) is 5.75 Å². The van der Waals surface area contributed by atoms with Crippen LogP contribution in [0.1, 0.15) is 16.7 Å². The molecule has 0 radical (unpaired) electrons. The van der Waals surface area contributed by atoms with E-state index in [0.29, 0.717) is 6.61 Å². The number of fused-ring (bicyclic) bond motifs is 1. The number of nitrogens with one attached hydrogen (secondary N) is 2. The molecule has 0 fully saturated rings. The van der Waals surface area contributed by atoms with Crippen molar-refractivity contribution >= 4 is 22.5 Å². The Bertz CT molecular complexity index is 1040. The lowest BCUT2D eigenvalue weighted by atomic mass is 10.1. The number of ether oxygens (including phenoxy) is 1. The summed E-state index contributed by atoms with van der Waals surface area (Å²) >= 11 is 5.92. The van der Waals surface area contributed by atoms with Gasteiger partial charge >= 0.3 is 0 Å². The van der Waals surface area contributed by atoms with Crippen LogP contribution in [0.2, 0.25) is 5.02 Å². The van der Waals surface area contributed by atoms with Gasteiger partial charge in [0, 0.05) is 28.7 Å². The molecule has 4 heteroatoms. The van der Waals surface area contributed by atoms with Gasteiger partial charge in [0.15, 0.2) is 0 Å². The highest BCUT2D eigenvalue weighted by Crippen LogP contribution is 2.18. The van der Waals surface area contributed by atoms with Crippen LogP contribution in [-0.2, 0) is 19.6 Å². The molecule has 0 aliphatic rings. The molecular weight excluding hydrogens is 368 g/mol. The first-order valence-electron chi connectivity index (χ1n) is 9.50. The van der Waals surface area contributed by atoms with Gasteiger partial charge in [-0.05, 0) is 60.0 Å². The Morgan fingerprint density at radius 2 is 1.75 bits per heavy atom. The van der Waals surface area contributed by atoms with Crippen molar-refractivity contribution < 1.29 is 4.74 Å². The number of benzene rings is 3. The second-order valence-corrected chi connectivity index (χ2v) is 7.29. The van der Waals surface area contributed by atoms with E-state index in [1.807, 2.05) is 36.4 Å². The normalized spacial score (nSPS) is 11.0. The zero-order chi connectivity index (χ0) is 19.2. The molecule has 3 aromatic carbocycles. The molecule has 4 rings (SSSR count). The Labute approximate surface area is 170 Å². The highest BCUT2D eigenvalue weighted by molar-refractivity contribution is 6.30. The maximum Gasteiger partial charge on any atom is 0.120 e. The summed E-state index contributed by atoms with van der Waals surface area (Å²) in [5, 5.41) is 5.58. The van der Waals surface area contributed by atoms with Crippen LogP contribution in [0.25, 0.3) is 10.9 Å². The molecule has 2 N–H and O–H groups in total. The Morgan fingerprint density at radius 1 is 0.893 bits per heavy atom. The maximum absolute atomic E-state index is 5.92. The van der Waals surface area contributed by atoms with Crippen molar-refractivity contribution in [1.82, 2.24) is 10.3 Å². The number of hydrogen-bond donors (Lipinski definition) is 2. The van der Waals surface area contributed by atoms with Gasteiger partial charge in [-0.15, -0.1) is 0 Å². The third-order valence-electron chi connectivity index (χ3n) is 4.79. The second kappa shape index (κ2) is 8.96. The molecule has 0 bridgehead atoms. The highest BCUT2D eigenvalue weighted by atomic mass is 35.5. The quantitative estimate of drug-likeness (QED) is 0.377. The van der Waals surface area contributed by atoms with E-state index in [9.17, 15) is 0 Å². The van der Waals surface area contributed by atoms with E-state index in [4.69, 9.17) is 16.3 Å². The van der Waals surface area contributed by atoms with Gasteiger partial charge in [0.1, 0.15) is 12.4 Å². The summed E-state index contributed by atoms with van der Waals surface area (Å²) in [7, 11) is 0. The maximum atomic E-state index is 5.92. The SMILES string of the molecule is Clc1ccc(COc2cccc(CNCCc3c[nH]c4ccccc34)c2)cc1. The minimum atomic E-state index is 0.536. The molecule has 0 amide bonds. The molecule has 0 saturated heterocycles. The summed E-state index contributed by atoms with van der Waals surface area (Å²) in [5.41, 5.74) is 4.87. The topological polar surface area (TPSA) is 37.0 Å². The van der Waals surface area contributed by atoms with E-state index in [1.165, 1.54) is 22.0 Å². The van der Waals surface area contributed by atoms with Gasteiger partial charge in [0.25, 0.3) is 0 Å². The van der Waals surface area contributed by atoms with Crippen molar-refractivity contribution in [2.75, 3.05) is 6.54 Å². The van der Waals surface area contributed by atoms with Crippen LogP contribution >= 0.6 is 11.6 Å². The van der Waals surface area contributed by atoms with Crippen LogP contribution in [0.4, 0.5) is 0 Å². The number of aromatic nitrogens is 1. The first-order valence-corrected chi connectivity index (χ1v) is 9.87. The molecule has 4 aromatic rings. The molecule has 1 heterocycles. The number of rotatable bonds is 8. The standard InChI is InChI=1S/C24H23ClN2O/c25-21-10-8-18(9-11-21)17-28-22-5-3-4-19(14-22)15-26-13-12-20-16-27-24-7-2-1-6-23(20)24/h1-11,14,16,26-27H,12-13,15,17H2. The van der Waals surface area contributed by atoms with Gasteiger partial charge in [0.2, 0.25) is 0 Å². The van der Waals surface area contributed by atoms with E-state index >= 15 is 0 Å². The Hall–Kier alpha value is -2.75. The summed E-state index contributed by atoms with van der Waals surface area (Å²) in [6, 6.07) is 24.4. The molecule has 3 nitrogen and oxygen atoms in total. The lowest BCUT2D eigenvalue weighted by molar-refractivity contribution is 0.306. The smallest absolute Gasteiger partial charge is 0.120 e. The highest BCUT2D eigenvalue weighted by Gasteiger charge is 2.03. The average Bonchev–Trinajstić information content (AvgIpc) is 3.14. The van der Waals surface area contributed by atoms with Gasteiger partial charge in [0.05, 0.1) is 0 Å². The van der Waals surface area contributed by atoms with Gasteiger partial charge in [-0.25, -0.2) is 0 Å². The summed E-state index contributed by atoms with van der Waals surface area (Å²) in [6.45, 7) is 2.28. The molecule has 0 saturated carbocycles. The Kier molecular flexibility index (Phi) is 5.95. The number of hydrogen-bond acceptors (Lipinski definition) is 2. The van der Waals surface area contributed by atoms with Crippen molar-refractivity contribution in [2.24, 2.45) is 0 Å². The fourth-order valence-corrected chi connectivity index (χ4v) is 3.41. The largest absolute Gasteiger partial charge is 0.489 e. The van der Waals surface area contributed by atoms with Crippen LogP contribution in [-0.4, -0.2) is 11.5 Å². The van der Waals surface area contributed by atoms with Crippen molar-refractivity contribution in [3.05, 3.63) is 101 Å². The van der Waals surface area contributed by atoms with E-state index < -0.39 is 0 Å². The molecule has 0 unspecified atom stereocenters. The van der Waals surface area contributed by atoms with Gasteiger partial charge in [-0.1, -0.05) is 54.1 Å². The minimum absolute atomic E-state index is 0.536. The van der Waals surface area contributed by atoms with Crippen LogP contribution < -0.4 is 10.1 Å². The zero-order valence-corrected chi connectivity index (χ0v) is 16.4. The fraction of sp³-hybridized carbons (Fsp3) is 0.167. The van der Waals surface area contributed by atoms with Crippen LogP contribution in [0.3, 0.4) is 0 Å². The van der Waals surface area contributed by atoms with Crippen molar-refractivity contribution in [1.29, 1.82) is 0 Å². The number of aromatic amines is 1. The molecule has 0 aliphatic heterocycles. The van der Waals surface area contributed by atoms with Gasteiger partial charge in [-0.2, -0.15) is 0 Å². The van der Waals surface area contributed by atoms with Gasteiger partial charge < -0.3 is 15.0 Å². The predicted molar refractivity (Wildman–Crippen MR) is 116 cm³/mol. The van der Waals surface area contributed by atoms with Crippen LogP contribution in [0, 0.1) is 0 Å². The molecule has 28 heavy (non-hydrogen) atoms. The summed E-state index contributed by atoms with van der Waals surface area (Å²) in [4.78, 5) is 3.33. The third kappa shape index (κ3) is 4.75. The van der Waals surface area contributed by atoms with E-state index in [-0.39, 0.29) is 0 Å².